The van der Waals surface area contributed by atoms with Crippen LogP contribution in [-0.2, 0) is 9.31 Å². The lowest BCUT2D eigenvalue weighted by molar-refractivity contribution is 0.00578. The van der Waals surface area contributed by atoms with E-state index in [0.717, 1.165) is 5.46 Å². The fourth-order valence-electron chi connectivity index (χ4n) is 2.97. The highest BCUT2D eigenvalue weighted by Crippen LogP contribution is 2.37. The van der Waals surface area contributed by atoms with Crippen LogP contribution in [0.4, 0.5) is 4.39 Å². The lowest BCUT2D eigenvalue weighted by Gasteiger charge is -2.33. The van der Waals surface area contributed by atoms with Crippen LogP contribution in [0.3, 0.4) is 0 Å². The molecule has 0 amide bonds. The molecule has 8 heteroatoms. The highest BCUT2D eigenvalue weighted by Gasteiger charge is 2.51. The van der Waals surface area contributed by atoms with Crippen LogP contribution < -0.4 is 14.9 Å². The van der Waals surface area contributed by atoms with E-state index in [1.807, 2.05) is 44.7 Å². The Balaban J connectivity index is 1.69. The Morgan fingerprint density at radius 2 is 1.85 bits per heavy atom. The van der Waals surface area contributed by atoms with Crippen molar-refractivity contribution in [1.82, 2.24) is 4.90 Å². The molecule has 0 unspecified atom stereocenters. The molecule has 1 aromatic rings. The second-order valence-corrected chi connectivity index (χ2v) is 7.95. The maximum Gasteiger partial charge on any atom is 0.494 e. The van der Waals surface area contributed by atoms with E-state index in [0.29, 0.717) is 37.7 Å². The van der Waals surface area contributed by atoms with Gasteiger partial charge in [-0.15, -0.1) is 0 Å². The predicted octanol–water partition coefficient (Wildman–Crippen LogP) is 1.92. The van der Waals surface area contributed by atoms with Gasteiger partial charge < -0.3 is 18.8 Å². The summed E-state index contributed by atoms with van der Waals surface area (Å²) >= 11 is 0. The Kier molecular flexibility index (Phi) is 5.66. The van der Waals surface area contributed by atoms with Gasteiger partial charge in [-0.25, -0.2) is 4.39 Å². The minimum absolute atomic E-state index is 0.0845. The van der Waals surface area contributed by atoms with Crippen molar-refractivity contribution in [1.29, 1.82) is 5.26 Å². The van der Waals surface area contributed by atoms with Crippen molar-refractivity contribution in [3.8, 4) is 17.6 Å². The maximum absolute atomic E-state index is 12.9. The zero-order chi connectivity index (χ0) is 19.7. The summed E-state index contributed by atoms with van der Waals surface area (Å²) in [6, 6.07) is 7.42. The summed E-state index contributed by atoms with van der Waals surface area (Å²) < 4.78 is 36.3. The maximum atomic E-state index is 12.9. The van der Waals surface area contributed by atoms with Crippen LogP contribution in [0, 0.1) is 11.3 Å². The van der Waals surface area contributed by atoms with Crippen LogP contribution in [0.25, 0.3) is 0 Å². The molecule has 0 saturated carbocycles. The van der Waals surface area contributed by atoms with Crippen LogP contribution in [0.15, 0.2) is 18.2 Å². The minimum Gasteiger partial charge on any atom is -0.488 e. The van der Waals surface area contributed by atoms with E-state index in [1.54, 1.807) is 12.1 Å². The number of hydrogen-bond donors (Lipinski definition) is 0. The van der Waals surface area contributed by atoms with Crippen LogP contribution >= 0.6 is 0 Å². The van der Waals surface area contributed by atoms with E-state index >= 15 is 0 Å². The third-order valence-electron chi connectivity index (χ3n) is 5.36. The average Bonchev–Trinajstić information content (AvgIpc) is 2.79. The molecular weight excluding hydrogens is 350 g/mol. The molecule has 0 aliphatic carbocycles. The Morgan fingerprint density at radius 3 is 2.44 bits per heavy atom. The van der Waals surface area contributed by atoms with Gasteiger partial charge in [0.15, 0.2) is 18.1 Å². The number of rotatable bonds is 7. The number of benzene rings is 1. The normalized spacial score (nSPS) is 21.6. The number of hydrogen-bond acceptors (Lipinski definition) is 6. The Bertz CT molecular complexity index is 700. The molecule has 1 aromatic carbocycles. The molecule has 2 aliphatic heterocycles. The van der Waals surface area contributed by atoms with Crippen molar-refractivity contribution < 1.29 is 23.2 Å². The molecule has 2 aliphatic rings. The van der Waals surface area contributed by atoms with E-state index in [2.05, 4.69) is 0 Å². The van der Waals surface area contributed by atoms with Gasteiger partial charge in [-0.3, -0.25) is 4.90 Å². The van der Waals surface area contributed by atoms with E-state index in [9.17, 15) is 4.39 Å². The number of halogens is 1. The number of ether oxygens (including phenoxy) is 2. The van der Waals surface area contributed by atoms with Crippen LogP contribution in [0.1, 0.15) is 27.7 Å². The second kappa shape index (κ2) is 7.66. The number of likely N-dealkylation sites (tertiary alicyclic amines) is 1. The number of nitriles is 1. The first-order chi connectivity index (χ1) is 12.7. The smallest absolute Gasteiger partial charge is 0.488 e. The van der Waals surface area contributed by atoms with Gasteiger partial charge >= 0.3 is 7.12 Å². The standard InChI is InChI=1S/C19H26BFN2O4/c1-18(2)19(3,4)27-20(26-18)14-5-6-16(17(11-14)24-9-7-22)25-10-8-23-12-15(21)13-23/h5-6,11,15H,8-10,12-13H2,1-4H3. The quantitative estimate of drug-likeness (QED) is 0.678. The first-order valence-electron chi connectivity index (χ1n) is 9.20. The highest BCUT2D eigenvalue weighted by molar-refractivity contribution is 6.62. The molecule has 0 N–H and O–H groups in total. The van der Waals surface area contributed by atoms with Crippen LogP contribution in [-0.4, -0.2) is 62.2 Å². The van der Waals surface area contributed by atoms with Gasteiger partial charge in [-0.05, 0) is 45.3 Å². The fourth-order valence-corrected chi connectivity index (χ4v) is 2.97. The Morgan fingerprint density at radius 1 is 1.19 bits per heavy atom. The summed E-state index contributed by atoms with van der Waals surface area (Å²) in [4.78, 5) is 1.99. The van der Waals surface area contributed by atoms with Crippen molar-refractivity contribution in [3.05, 3.63) is 18.2 Å². The summed E-state index contributed by atoms with van der Waals surface area (Å²) in [7, 11) is -0.518. The van der Waals surface area contributed by atoms with E-state index in [1.165, 1.54) is 0 Å². The molecule has 0 bridgehead atoms. The zero-order valence-electron chi connectivity index (χ0n) is 16.3. The molecule has 0 radical (unpaired) electrons. The summed E-state index contributed by atoms with van der Waals surface area (Å²) in [5.41, 5.74) is -0.0742. The topological polar surface area (TPSA) is 64.0 Å². The van der Waals surface area contributed by atoms with Gasteiger partial charge in [-0.2, -0.15) is 5.26 Å². The second-order valence-electron chi connectivity index (χ2n) is 7.95. The average molecular weight is 376 g/mol. The van der Waals surface area contributed by atoms with Gasteiger partial charge in [0, 0.05) is 19.6 Å². The molecule has 0 atom stereocenters. The van der Waals surface area contributed by atoms with E-state index in [-0.39, 0.29) is 6.61 Å². The number of nitrogens with zero attached hydrogens (tertiary/aromatic N) is 2. The molecule has 6 nitrogen and oxygen atoms in total. The van der Waals surface area contributed by atoms with Crippen molar-refractivity contribution in [3.63, 3.8) is 0 Å². The molecule has 0 spiro atoms. The van der Waals surface area contributed by atoms with Crippen LogP contribution in [0.5, 0.6) is 11.5 Å². The van der Waals surface area contributed by atoms with Crippen molar-refractivity contribution >= 4 is 12.6 Å². The third-order valence-corrected chi connectivity index (χ3v) is 5.36. The molecule has 146 valence electrons. The number of alkyl halides is 1. The Hall–Kier alpha value is -1.82. The SMILES string of the molecule is CC1(C)OB(c2ccc(OCCN3CC(F)C3)c(OCC#N)c2)OC1(C)C. The minimum atomic E-state index is -0.723. The van der Waals surface area contributed by atoms with Gasteiger partial charge in [0.25, 0.3) is 0 Å². The highest BCUT2D eigenvalue weighted by atomic mass is 19.1. The lowest BCUT2D eigenvalue weighted by Crippen LogP contribution is -2.49. The van der Waals surface area contributed by atoms with Crippen molar-refractivity contribution in [2.45, 2.75) is 45.1 Å². The molecule has 27 heavy (non-hydrogen) atoms. The first-order valence-corrected chi connectivity index (χ1v) is 9.20. The molecule has 2 saturated heterocycles. The first kappa shape index (κ1) is 19.9. The zero-order valence-corrected chi connectivity index (χ0v) is 16.3. The van der Waals surface area contributed by atoms with Crippen molar-refractivity contribution in [2.75, 3.05) is 32.8 Å². The molecule has 2 heterocycles. The Labute approximate surface area is 160 Å². The summed E-state index contributed by atoms with van der Waals surface area (Å²) in [6.07, 6.45) is -0.723. The summed E-state index contributed by atoms with van der Waals surface area (Å²) in [6.45, 7) is 9.89. The third kappa shape index (κ3) is 4.37. The molecule has 3 rings (SSSR count). The lowest BCUT2D eigenvalue weighted by atomic mass is 9.79. The van der Waals surface area contributed by atoms with Crippen molar-refractivity contribution in [2.24, 2.45) is 0 Å². The van der Waals surface area contributed by atoms with Gasteiger partial charge in [0.2, 0.25) is 0 Å². The summed E-state index contributed by atoms with van der Waals surface area (Å²) in [5, 5.41) is 8.84. The van der Waals surface area contributed by atoms with Gasteiger partial charge in [-0.1, -0.05) is 6.07 Å². The van der Waals surface area contributed by atoms with E-state index in [4.69, 9.17) is 24.0 Å². The monoisotopic (exact) mass is 376 g/mol. The van der Waals surface area contributed by atoms with E-state index < -0.39 is 24.5 Å². The van der Waals surface area contributed by atoms with Gasteiger partial charge in [0.05, 0.1) is 11.2 Å². The fraction of sp³-hybridized carbons (Fsp3) is 0.632. The molecular formula is C19H26BFN2O4. The predicted molar refractivity (Wildman–Crippen MR) is 100 cm³/mol. The summed E-state index contributed by atoms with van der Waals surface area (Å²) in [5.74, 6) is 1.01. The largest absolute Gasteiger partial charge is 0.494 e. The van der Waals surface area contributed by atoms with Gasteiger partial charge in [0.1, 0.15) is 18.8 Å². The van der Waals surface area contributed by atoms with Crippen LogP contribution in [0.2, 0.25) is 0 Å². The molecule has 0 aromatic heterocycles. The molecule has 2 fully saturated rings.